The highest BCUT2D eigenvalue weighted by molar-refractivity contribution is 7.80. The van der Waals surface area contributed by atoms with Crippen LogP contribution < -0.4 is 0 Å². The lowest BCUT2D eigenvalue weighted by Gasteiger charge is -2.00. The summed E-state index contributed by atoms with van der Waals surface area (Å²) in [5.74, 6) is 0.996. The zero-order chi connectivity index (χ0) is 9.78. The van der Waals surface area contributed by atoms with Gasteiger partial charge in [0.2, 0.25) is 0 Å². The van der Waals surface area contributed by atoms with E-state index < -0.39 is 0 Å². The van der Waals surface area contributed by atoms with Gasteiger partial charge in [0.05, 0.1) is 6.61 Å². The Morgan fingerprint density at radius 3 is 2.08 bits per heavy atom. The minimum Gasteiger partial charge on any atom is -0.205 e. The van der Waals surface area contributed by atoms with Crippen molar-refractivity contribution in [1.82, 2.24) is 0 Å². The second-order valence-electron chi connectivity index (χ2n) is 2.81. The van der Waals surface area contributed by atoms with Gasteiger partial charge in [-0.25, -0.2) is 4.89 Å². The Labute approximate surface area is 91.0 Å². The van der Waals surface area contributed by atoms with E-state index in [1.54, 1.807) is 0 Å². The van der Waals surface area contributed by atoms with Gasteiger partial charge >= 0.3 is 0 Å². The van der Waals surface area contributed by atoms with Gasteiger partial charge in [-0.1, -0.05) is 30.7 Å². The highest BCUT2D eigenvalue weighted by Crippen LogP contribution is 2.06. The monoisotopic (exact) mass is 226 g/mol. The van der Waals surface area contributed by atoms with Crippen LogP contribution in [0, 0.1) is 0 Å². The highest BCUT2D eigenvalue weighted by atomic mass is 32.1. The van der Waals surface area contributed by atoms with Gasteiger partial charge in [0, 0.05) is 12.9 Å². The summed E-state index contributed by atoms with van der Waals surface area (Å²) in [5, 5.41) is 4.13. The van der Waals surface area contributed by atoms with Crippen LogP contribution in [0.4, 0.5) is 0 Å². The molecule has 0 aliphatic heterocycles. The number of thiol groups is 2. The molecule has 0 radical (unpaired) electrons. The number of hydrogen-bond acceptors (Lipinski definition) is 5. The molecule has 0 aliphatic rings. The number of unbranched alkanes of at least 4 members (excludes halogenated alkanes) is 5. The van der Waals surface area contributed by atoms with Crippen molar-refractivity contribution in [1.29, 1.82) is 0 Å². The van der Waals surface area contributed by atoms with E-state index in [1.165, 1.54) is 32.1 Å². The van der Waals surface area contributed by atoms with E-state index in [9.17, 15) is 0 Å². The van der Waals surface area contributed by atoms with E-state index in [1.807, 2.05) is 0 Å². The fraction of sp³-hybridized carbons (Fsp3) is 1.00. The standard InChI is InChI=1S/C8H18O3S2/c12-8-6-4-2-1-3-5-7-9-10-11-13/h12-13H,1-8H2. The first-order valence-electron chi connectivity index (χ1n) is 4.62. The predicted octanol–water partition coefficient (Wildman–Crippen LogP) is 2.98. The first kappa shape index (κ1) is 13.6. The van der Waals surface area contributed by atoms with Crippen LogP contribution in [-0.4, -0.2) is 12.4 Å². The van der Waals surface area contributed by atoms with Crippen molar-refractivity contribution in [3.8, 4) is 0 Å². The molecule has 0 bridgehead atoms. The Bertz CT molecular complexity index is 83.5. The van der Waals surface area contributed by atoms with E-state index in [2.05, 4.69) is 39.8 Å². The third-order valence-electron chi connectivity index (χ3n) is 1.71. The number of hydrogen-bond donors (Lipinski definition) is 2. The molecule has 0 saturated heterocycles. The normalized spacial score (nSPS) is 10.6. The lowest BCUT2D eigenvalue weighted by atomic mass is 10.1. The maximum atomic E-state index is 4.60. The van der Waals surface area contributed by atoms with Gasteiger partial charge in [-0.3, -0.25) is 0 Å². The molecule has 0 heterocycles. The van der Waals surface area contributed by atoms with Crippen molar-refractivity contribution >= 4 is 25.5 Å². The molecule has 0 aromatic rings. The summed E-state index contributed by atoms with van der Waals surface area (Å²) in [6.07, 6.45) is 7.20. The van der Waals surface area contributed by atoms with Gasteiger partial charge < -0.3 is 0 Å². The van der Waals surface area contributed by atoms with Crippen LogP contribution in [0.1, 0.15) is 38.5 Å². The second kappa shape index (κ2) is 12.6. The van der Waals surface area contributed by atoms with Gasteiger partial charge in [0.1, 0.15) is 0 Å². The van der Waals surface area contributed by atoms with Crippen molar-refractivity contribution < 1.29 is 14.3 Å². The third kappa shape index (κ3) is 12.6. The summed E-state index contributed by atoms with van der Waals surface area (Å²) < 4.78 is 3.97. The lowest BCUT2D eigenvalue weighted by Crippen LogP contribution is -1.93. The molecule has 3 nitrogen and oxygen atoms in total. The van der Waals surface area contributed by atoms with Gasteiger partial charge in [-0.2, -0.15) is 12.6 Å². The van der Waals surface area contributed by atoms with Crippen LogP contribution in [0.5, 0.6) is 0 Å². The molecule has 80 valence electrons. The molecule has 0 spiro atoms. The van der Waals surface area contributed by atoms with Crippen LogP contribution in [0.25, 0.3) is 0 Å². The van der Waals surface area contributed by atoms with E-state index in [-0.39, 0.29) is 0 Å². The van der Waals surface area contributed by atoms with Crippen molar-refractivity contribution in [2.75, 3.05) is 12.4 Å². The second-order valence-corrected chi connectivity index (χ2v) is 3.41. The molecule has 0 N–H and O–H groups in total. The smallest absolute Gasteiger partial charge is 0.0854 e. The minimum absolute atomic E-state index is 0.563. The Balaban J connectivity index is 2.76. The molecule has 0 rings (SSSR count). The average Bonchev–Trinajstić information content (AvgIpc) is 2.16. The largest absolute Gasteiger partial charge is 0.205 e. The molecule has 0 aromatic heterocycles. The third-order valence-corrected chi connectivity index (χ3v) is 2.09. The first-order chi connectivity index (χ1) is 6.41. The van der Waals surface area contributed by atoms with Crippen molar-refractivity contribution in [3.05, 3.63) is 0 Å². The Kier molecular flexibility index (Phi) is 13.1. The molecular formula is C8H18O3S2. The van der Waals surface area contributed by atoms with Crippen molar-refractivity contribution in [3.63, 3.8) is 0 Å². The molecular weight excluding hydrogens is 208 g/mol. The lowest BCUT2D eigenvalue weighted by molar-refractivity contribution is -0.459. The maximum Gasteiger partial charge on any atom is 0.0854 e. The summed E-state index contributed by atoms with van der Waals surface area (Å²) in [6, 6.07) is 0. The summed E-state index contributed by atoms with van der Waals surface area (Å²) in [6.45, 7) is 0.563. The molecule has 0 amide bonds. The number of rotatable bonds is 10. The van der Waals surface area contributed by atoms with Gasteiger partial charge in [-0.05, 0) is 18.6 Å². The molecule has 0 unspecified atom stereocenters. The van der Waals surface area contributed by atoms with Crippen LogP contribution in [0.3, 0.4) is 0 Å². The fourth-order valence-electron chi connectivity index (χ4n) is 1.04. The van der Waals surface area contributed by atoms with E-state index in [0.29, 0.717) is 6.61 Å². The zero-order valence-corrected chi connectivity index (χ0v) is 9.56. The van der Waals surface area contributed by atoms with Gasteiger partial charge in [0.25, 0.3) is 0 Å². The van der Waals surface area contributed by atoms with Crippen LogP contribution in [-0.2, 0) is 14.3 Å². The maximum absolute atomic E-state index is 4.60. The topological polar surface area (TPSA) is 27.7 Å². The van der Waals surface area contributed by atoms with Gasteiger partial charge in [-0.15, -0.1) is 4.33 Å². The molecule has 0 aliphatic carbocycles. The van der Waals surface area contributed by atoms with E-state index in [4.69, 9.17) is 0 Å². The molecule has 0 aromatic carbocycles. The summed E-state index contributed by atoms with van der Waals surface area (Å²) in [4.78, 5) is 4.60. The summed E-state index contributed by atoms with van der Waals surface area (Å²) >= 11 is 7.49. The molecule has 0 atom stereocenters. The van der Waals surface area contributed by atoms with Crippen LogP contribution in [0.15, 0.2) is 0 Å². The van der Waals surface area contributed by atoms with E-state index in [0.717, 1.165) is 12.2 Å². The molecule has 0 fully saturated rings. The minimum atomic E-state index is 0.563. The molecule has 5 heteroatoms. The van der Waals surface area contributed by atoms with Crippen molar-refractivity contribution in [2.24, 2.45) is 0 Å². The summed E-state index contributed by atoms with van der Waals surface area (Å²) in [7, 11) is 0. The van der Waals surface area contributed by atoms with Crippen LogP contribution >= 0.6 is 25.5 Å². The molecule has 13 heavy (non-hydrogen) atoms. The van der Waals surface area contributed by atoms with Crippen LogP contribution in [0.2, 0.25) is 0 Å². The highest BCUT2D eigenvalue weighted by Gasteiger charge is 1.91. The quantitative estimate of drug-likeness (QED) is 0.197. The first-order valence-corrected chi connectivity index (χ1v) is 5.62. The SMILES string of the molecule is SCCCCCCCCOOOS. The van der Waals surface area contributed by atoms with E-state index >= 15 is 0 Å². The molecule has 0 saturated carbocycles. The summed E-state index contributed by atoms with van der Waals surface area (Å²) in [5.41, 5.74) is 0. The van der Waals surface area contributed by atoms with Gasteiger partial charge in [0.15, 0.2) is 0 Å². The average molecular weight is 226 g/mol. The fourth-order valence-corrected chi connectivity index (χ4v) is 1.30. The van der Waals surface area contributed by atoms with Crippen molar-refractivity contribution in [2.45, 2.75) is 38.5 Å². The Hall–Kier alpha value is 0.580. The zero-order valence-electron chi connectivity index (χ0n) is 7.78. The Morgan fingerprint density at radius 2 is 1.46 bits per heavy atom. The predicted molar refractivity (Wildman–Crippen MR) is 58.7 cm³/mol. The Morgan fingerprint density at radius 1 is 0.846 bits per heavy atom.